The Balaban J connectivity index is 2.09. The van der Waals surface area contributed by atoms with Crippen LogP contribution in [0.1, 0.15) is 49.8 Å². The minimum atomic E-state index is -0.460. The molecule has 0 heterocycles. The summed E-state index contributed by atoms with van der Waals surface area (Å²) in [7, 11) is 0. The summed E-state index contributed by atoms with van der Waals surface area (Å²) in [5.41, 5.74) is 3.37. The zero-order valence-corrected chi connectivity index (χ0v) is 21.1. The molecule has 2 aromatic rings. The van der Waals surface area contributed by atoms with Gasteiger partial charge in [0.1, 0.15) is 6.04 Å². The van der Waals surface area contributed by atoms with Crippen LogP contribution < -0.4 is 5.32 Å². The predicted molar refractivity (Wildman–Crippen MR) is 134 cm³/mol. The third-order valence-electron chi connectivity index (χ3n) is 5.06. The molecule has 1 unspecified atom stereocenters. The lowest BCUT2D eigenvalue weighted by Crippen LogP contribution is -2.49. The number of carbonyl (C=O) groups excluding carboxylic acids is 2. The Morgan fingerprint density at radius 1 is 1.10 bits per heavy atom. The molecule has 0 saturated heterocycles. The maximum absolute atomic E-state index is 13.2. The molecule has 2 amide bonds. The number of benzene rings is 2. The summed E-state index contributed by atoms with van der Waals surface area (Å²) in [5.74, 6) is 1.05. The topological polar surface area (TPSA) is 49.4 Å². The van der Waals surface area contributed by atoms with Crippen molar-refractivity contribution in [2.45, 2.75) is 58.4 Å². The highest BCUT2D eigenvalue weighted by atomic mass is 79.9. The molecule has 0 saturated carbocycles. The average Bonchev–Trinajstić information content (AvgIpc) is 2.75. The smallest absolute Gasteiger partial charge is 0.242 e. The second-order valence-corrected chi connectivity index (χ2v) is 9.60. The molecular weight excluding hydrogens is 472 g/mol. The number of carbonyl (C=O) groups is 2. The molecule has 0 aromatic heterocycles. The molecule has 4 nitrogen and oxygen atoms in total. The second-order valence-electron chi connectivity index (χ2n) is 7.70. The molecule has 31 heavy (non-hydrogen) atoms. The van der Waals surface area contributed by atoms with Gasteiger partial charge in [-0.1, -0.05) is 78.2 Å². The monoisotopic (exact) mass is 504 g/mol. The van der Waals surface area contributed by atoms with Crippen molar-refractivity contribution >= 4 is 39.5 Å². The second kappa shape index (κ2) is 13.6. The van der Waals surface area contributed by atoms with Crippen molar-refractivity contribution < 1.29 is 9.59 Å². The number of hydrogen-bond acceptors (Lipinski definition) is 3. The van der Waals surface area contributed by atoms with Crippen LogP contribution in [0.3, 0.4) is 0 Å². The SMILES string of the molecule is CCCCNC(=O)C(CC)N(Cc1cccc(C)c1)C(=O)CSCc1ccc(Br)cc1. The molecular formula is C25H33BrN2O2S. The van der Waals surface area contributed by atoms with Crippen molar-refractivity contribution in [1.82, 2.24) is 10.2 Å². The zero-order chi connectivity index (χ0) is 22.6. The number of aryl methyl sites for hydroxylation is 1. The van der Waals surface area contributed by atoms with Crippen LogP contribution in [-0.2, 0) is 21.9 Å². The van der Waals surface area contributed by atoms with Gasteiger partial charge in [-0.2, -0.15) is 0 Å². The first kappa shape index (κ1) is 25.5. The summed E-state index contributed by atoms with van der Waals surface area (Å²) >= 11 is 5.03. The highest BCUT2D eigenvalue weighted by Crippen LogP contribution is 2.19. The first-order valence-corrected chi connectivity index (χ1v) is 12.8. The van der Waals surface area contributed by atoms with Crippen molar-refractivity contribution in [3.63, 3.8) is 0 Å². The summed E-state index contributed by atoms with van der Waals surface area (Å²) in [6.07, 6.45) is 2.56. The van der Waals surface area contributed by atoms with Crippen molar-refractivity contribution in [3.8, 4) is 0 Å². The molecule has 0 aliphatic carbocycles. The summed E-state index contributed by atoms with van der Waals surface area (Å²) in [4.78, 5) is 27.8. The Morgan fingerprint density at radius 2 is 1.84 bits per heavy atom. The van der Waals surface area contributed by atoms with E-state index in [2.05, 4.69) is 46.4 Å². The Bertz CT molecular complexity index is 842. The van der Waals surface area contributed by atoms with Crippen LogP contribution >= 0.6 is 27.7 Å². The Kier molecular flexibility index (Phi) is 11.2. The van der Waals surface area contributed by atoms with Gasteiger partial charge >= 0.3 is 0 Å². The van der Waals surface area contributed by atoms with Gasteiger partial charge in [-0.25, -0.2) is 0 Å². The fourth-order valence-corrected chi connectivity index (χ4v) is 4.49. The lowest BCUT2D eigenvalue weighted by Gasteiger charge is -2.30. The molecule has 6 heteroatoms. The van der Waals surface area contributed by atoms with Gasteiger partial charge < -0.3 is 10.2 Å². The van der Waals surface area contributed by atoms with E-state index >= 15 is 0 Å². The van der Waals surface area contributed by atoms with E-state index in [9.17, 15) is 9.59 Å². The molecule has 0 bridgehead atoms. The highest BCUT2D eigenvalue weighted by Gasteiger charge is 2.28. The van der Waals surface area contributed by atoms with E-state index in [-0.39, 0.29) is 11.8 Å². The summed E-state index contributed by atoms with van der Waals surface area (Å²) < 4.78 is 1.04. The van der Waals surface area contributed by atoms with E-state index in [1.165, 1.54) is 5.56 Å². The highest BCUT2D eigenvalue weighted by molar-refractivity contribution is 9.10. The van der Waals surface area contributed by atoms with Gasteiger partial charge in [-0.3, -0.25) is 9.59 Å². The number of thioether (sulfide) groups is 1. The van der Waals surface area contributed by atoms with Crippen LogP contribution in [-0.4, -0.2) is 35.1 Å². The molecule has 0 radical (unpaired) electrons. The molecule has 1 N–H and O–H groups in total. The average molecular weight is 506 g/mol. The molecule has 2 rings (SSSR count). The summed E-state index contributed by atoms with van der Waals surface area (Å²) in [6.45, 7) is 7.20. The van der Waals surface area contributed by atoms with Gasteiger partial charge in [-0.05, 0) is 43.0 Å². The Hall–Kier alpha value is -1.79. The van der Waals surface area contributed by atoms with Crippen LogP contribution in [0, 0.1) is 6.92 Å². The minimum Gasteiger partial charge on any atom is -0.354 e. The molecule has 0 aliphatic rings. The van der Waals surface area contributed by atoms with E-state index < -0.39 is 6.04 Å². The molecule has 1 atom stereocenters. The van der Waals surface area contributed by atoms with Crippen LogP contribution in [0.15, 0.2) is 53.0 Å². The number of nitrogens with zero attached hydrogens (tertiary/aromatic N) is 1. The predicted octanol–water partition coefficient (Wildman–Crippen LogP) is 5.71. The first-order valence-electron chi connectivity index (χ1n) is 10.9. The standard InChI is InChI=1S/C25H33BrN2O2S/c1-4-6-14-27-25(30)23(5-2)28(16-21-9-7-8-19(3)15-21)24(29)18-31-17-20-10-12-22(26)13-11-20/h7-13,15,23H,4-6,14,16-18H2,1-3H3,(H,27,30). The summed E-state index contributed by atoms with van der Waals surface area (Å²) in [6, 6.07) is 15.8. The fraction of sp³-hybridized carbons (Fsp3) is 0.440. The fourth-order valence-electron chi connectivity index (χ4n) is 3.35. The maximum Gasteiger partial charge on any atom is 0.242 e. The quantitative estimate of drug-likeness (QED) is 0.376. The van der Waals surface area contributed by atoms with E-state index in [4.69, 9.17) is 0 Å². The lowest BCUT2D eigenvalue weighted by atomic mass is 10.1. The van der Waals surface area contributed by atoms with Crippen molar-refractivity contribution in [2.75, 3.05) is 12.3 Å². The minimum absolute atomic E-state index is 0.00103. The van der Waals surface area contributed by atoms with Crippen molar-refractivity contribution in [1.29, 1.82) is 0 Å². The van der Waals surface area contributed by atoms with Crippen LogP contribution in [0.25, 0.3) is 0 Å². The van der Waals surface area contributed by atoms with E-state index in [1.54, 1.807) is 16.7 Å². The lowest BCUT2D eigenvalue weighted by molar-refractivity contribution is -0.139. The number of nitrogens with one attached hydrogen (secondary N) is 1. The largest absolute Gasteiger partial charge is 0.354 e. The van der Waals surface area contributed by atoms with Crippen molar-refractivity contribution in [2.24, 2.45) is 0 Å². The molecule has 2 aromatic carbocycles. The summed E-state index contributed by atoms with van der Waals surface area (Å²) in [5, 5.41) is 3.01. The Labute approximate surface area is 199 Å². The van der Waals surface area contributed by atoms with E-state index in [1.807, 2.05) is 44.2 Å². The third kappa shape index (κ3) is 8.69. The molecule has 0 aliphatic heterocycles. The van der Waals surface area contributed by atoms with Gasteiger partial charge in [0.25, 0.3) is 0 Å². The number of halogens is 1. The van der Waals surface area contributed by atoms with Gasteiger partial charge in [0.15, 0.2) is 0 Å². The van der Waals surface area contributed by atoms with Crippen LogP contribution in [0.5, 0.6) is 0 Å². The number of amides is 2. The van der Waals surface area contributed by atoms with Gasteiger partial charge in [-0.15, -0.1) is 11.8 Å². The van der Waals surface area contributed by atoms with Crippen LogP contribution in [0.4, 0.5) is 0 Å². The van der Waals surface area contributed by atoms with Gasteiger partial charge in [0.2, 0.25) is 11.8 Å². The van der Waals surface area contributed by atoms with Crippen molar-refractivity contribution in [3.05, 3.63) is 69.7 Å². The number of hydrogen-bond donors (Lipinski definition) is 1. The van der Waals surface area contributed by atoms with E-state index in [0.717, 1.165) is 34.2 Å². The maximum atomic E-state index is 13.2. The van der Waals surface area contributed by atoms with Gasteiger partial charge in [0.05, 0.1) is 5.75 Å². The molecule has 0 spiro atoms. The zero-order valence-electron chi connectivity index (χ0n) is 18.7. The van der Waals surface area contributed by atoms with E-state index in [0.29, 0.717) is 25.3 Å². The van der Waals surface area contributed by atoms with Gasteiger partial charge in [0, 0.05) is 23.3 Å². The molecule has 168 valence electrons. The third-order valence-corrected chi connectivity index (χ3v) is 6.58. The Morgan fingerprint density at radius 3 is 2.48 bits per heavy atom. The first-order chi connectivity index (χ1) is 14.9. The van der Waals surface area contributed by atoms with Crippen LogP contribution in [0.2, 0.25) is 0 Å². The molecule has 0 fully saturated rings. The normalized spacial score (nSPS) is 11.7. The number of rotatable bonds is 12. The number of unbranched alkanes of at least 4 members (excludes halogenated alkanes) is 1.